The number of nitrogens with one attached hydrogen (secondary N) is 1. The van der Waals surface area contributed by atoms with Gasteiger partial charge in [-0.05, 0) is 44.0 Å². The summed E-state index contributed by atoms with van der Waals surface area (Å²) >= 11 is 0. The molecule has 0 aromatic heterocycles. The van der Waals surface area contributed by atoms with Gasteiger partial charge in [-0.25, -0.2) is 4.39 Å². The number of hydrogen-bond acceptors (Lipinski definition) is 2. The van der Waals surface area contributed by atoms with E-state index in [1.54, 1.807) is 12.1 Å². The molecule has 0 aliphatic rings. The predicted octanol–water partition coefficient (Wildman–Crippen LogP) is 3.22. The van der Waals surface area contributed by atoms with Gasteiger partial charge in [-0.15, -0.1) is 0 Å². The van der Waals surface area contributed by atoms with Crippen molar-refractivity contribution in [3.63, 3.8) is 0 Å². The molecule has 0 unspecified atom stereocenters. The zero-order chi connectivity index (χ0) is 17.0. The molecule has 0 saturated heterocycles. The van der Waals surface area contributed by atoms with E-state index in [1.807, 2.05) is 45.0 Å². The molecule has 0 heterocycles. The fraction of sp³-hybridized carbons (Fsp3) is 0.316. The number of rotatable bonds is 5. The van der Waals surface area contributed by atoms with Gasteiger partial charge in [-0.2, -0.15) is 0 Å². The zero-order valence-corrected chi connectivity index (χ0v) is 13.7. The fourth-order valence-corrected chi connectivity index (χ4v) is 2.36. The lowest BCUT2D eigenvalue weighted by Crippen LogP contribution is -2.39. The normalized spacial score (nSPS) is 11.3. The molecular formula is C19H22FNO2. The highest BCUT2D eigenvalue weighted by molar-refractivity contribution is 5.87. The number of aliphatic hydroxyl groups excluding tert-OH is 1. The maximum Gasteiger partial charge on any atom is 0.230 e. The SMILES string of the molecule is Cc1ccc(C(C)(C)C(=O)NCc2ccc(F)c(CO)c2)cc1. The molecule has 0 aliphatic carbocycles. The second-order valence-electron chi connectivity index (χ2n) is 6.26. The van der Waals surface area contributed by atoms with Gasteiger partial charge in [0, 0.05) is 12.1 Å². The van der Waals surface area contributed by atoms with Crippen LogP contribution in [0.3, 0.4) is 0 Å². The Morgan fingerprint density at radius 3 is 2.43 bits per heavy atom. The molecule has 23 heavy (non-hydrogen) atoms. The largest absolute Gasteiger partial charge is 0.392 e. The van der Waals surface area contributed by atoms with Gasteiger partial charge in [-0.1, -0.05) is 35.9 Å². The van der Waals surface area contributed by atoms with Crippen molar-refractivity contribution in [2.24, 2.45) is 0 Å². The third kappa shape index (κ3) is 3.96. The van der Waals surface area contributed by atoms with E-state index >= 15 is 0 Å². The van der Waals surface area contributed by atoms with E-state index in [0.29, 0.717) is 6.54 Å². The summed E-state index contributed by atoms with van der Waals surface area (Å²) in [6, 6.07) is 12.4. The number of aryl methyl sites for hydroxylation is 1. The lowest BCUT2D eigenvalue weighted by atomic mass is 9.83. The lowest BCUT2D eigenvalue weighted by molar-refractivity contribution is -0.125. The molecule has 0 bridgehead atoms. The van der Waals surface area contributed by atoms with Crippen LogP contribution < -0.4 is 5.32 Å². The molecule has 3 nitrogen and oxygen atoms in total. The zero-order valence-electron chi connectivity index (χ0n) is 13.7. The molecule has 0 spiro atoms. The minimum absolute atomic E-state index is 0.101. The van der Waals surface area contributed by atoms with Crippen LogP contribution in [-0.4, -0.2) is 11.0 Å². The average molecular weight is 315 g/mol. The Bertz CT molecular complexity index is 693. The molecule has 0 saturated carbocycles. The third-order valence-corrected chi connectivity index (χ3v) is 4.07. The molecule has 2 rings (SSSR count). The van der Waals surface area contributed by atoms with Crippen LogP contribution in [0.25, 0.3) is 0 Å². The van der Waals surface area contributed by atoms with Gasteiger partial charge in [0.1, 0.15) is 5.82 Å². The van der Waals surface area contributed by atoms with Crippen LogP contribution in [0.5, 0.6) is 0 Å². The molecule has 2 N–H and O–H groups in total. The van der Waals surface area contributed by atoms with E-state index in [1.165, 1.54) is 6.07 Å². The third-order valence-electron chi connectivity index (χ3n) is 4.07. The minimum atomic E-state index is -0.659. The molecular weight excluding hydrogens is 293 g/mol. The van der Waals surface area contributed by atoms with Gasteiger partial charge < -0.3 is 10.4 Å². The maximum atomic E-state index is 13.4. The van der Waals surface area contributed by atoms with Crippen molar-refractivity contribution < 1.29 is 14.3 Å². The molecule has 0 fully saturated rings. The first-order valence-corrected chi connectivity index (χ1v) is 7.58. The summed E-state index contributed by atoms with van der Waals surface area (Å²) in [5.41, 5.74) is 2.41. The van der Waals surface area contributed by atoms with Crippen molar-refractivity contribution >= 4 is 5.91 Å². The first kappa shape index (κ1) is 17.2. The van der Waals surface area contributed by atoms with Crippen molar-refractivity contribution in [3.05, 3.63) is 70.5 Å². The monoisotopic (exact) mass is 315 g/mol. The first-order valence-electron chi connectivity index (χ1n) is 7.58. The minimum Gasteiger partial charge on any atom is -0.392 e. The van der Waals surface area contributed by atoms with E-state index in [2.05, 4.69) is 5.32 Å². The molecule has 0 aliphatic heterocycles. The van der Waals surface area contributed by atoms with Crippen LogP contribution in [0.2, 0.25) is 0 Å². The fourth-order valence-electron chi connectivity index (χ4n) is 2.36. The molecule has 1 amide bonds. The van der Waals surface area contributed by atoms with Crippen LogP contribution in [-0.2, 0) is 23.4 Å². The van der Waals surface area contributed by atoms with Gasteiger partial charge in [0.05, 0.1) is 12.0 Å². The molecule has 122 valence electrons. The summed E-state index contributed by atoms with van der Waals surface area (Å²) < 4.78 is 13.4. The number of carbonyl (C=O) groups excluding carboxylic acids is 1. The Kier molecular flexibility index (Phi) is 5.16. The smallest absolute Gasteiger partial charge is 0.230 e. The number of carbonyl (C=O) groups is 1. The van der Waals surface area contributed by atoms with Gasteiger partial charge in [0.25, 0.3) is 0 Å². The molecule has 0 radical (unpaired) electrons. The average Bonchev–Trinajstić information content (AvgIpc) is 2.54. The Labute approximate surface area is 136 Å². The van der Waals surface area contributed by atoms with Crippen LogP contribution in [0.1, 0.15) is 36.1 Å². The summed E-state index contributed by atoms with van der Waals surface area (Å²) in [7, 11) is 0. The molecule has 2 aromatic carbocycles. The van der Waals surface area contributed by atoms with Crippen LogP contribution in [0.15, 0.2) is 42.5 Å². The van der Waals surface area contributed by atoms with Crippen LogP contribution in [0, 0.1) is 12.7 Å². The van der Waals surface area contributed by atoms with Crippen molar-refractivity contribution in [1.82, 2.24) is 5.32 Å². The van der Waals surface area contributed by atoms with Crippen LogP contribution >= 0.6 is 0 Å². The number of aliphatic hydroxyl groups is 1. The summed E-state index contributed by atoms with van der Waals surface area (Å²) in [5, 5.41) is 12.0. The molecule has 0 atom stereocenters. The summed E-state index contributed by atoms with van der Waals surface area (Å²) in [6.45, 7) is 5.68. The Morgan fingerprint density at radius 2 is 1.83 bits per heavy atom. The topological polar surface area (TPSA) is 49.3 Å². The summed E-state index contributed by atoms with van der Waals surface area (Å²) in [4.78, 5) is 12.5. The van der Waals surface area contributed by atoms with Crippen LogP contribution in [0.4, 0.5) is 4.39 Å². The van der Waals surface area contributed by atoms with E-state index in [9.17, 15) is 9.18 Å². The second-order valence-corrected chi connectivity index (χ2v) is 6.26. The number of amides is 1. The molecule has 4 heteroatoms. The van der Waals surface area contributed by atoms with Gasteiger partial charge >= 0.3 is 0 Å². The van der Waals surface area contributed by atoms with Gasteiger partial charge in [0.2, 0.25) is 5.91 Å². The number of halogens is 1. The summed E-state index contributed by atoms with van der Waals surface area (Å²) in [5.74, 6) is -0.543. The van der Waals surface area contributed by atoms with E-state index in [0.717, 1.165) is 16.7 Å². The standard InChI is InChI=1S/C19H22FNO2/c1-13-4-7-16(8-5-13)19(2,3)18(23)21-11-14-6-9-17(20)15(10-14)12-22/h4-10,22H,11-12H2,1-3H3,(H,21,23). The Morgan fingerprint density at radius 1 is 1.17 bits per heavy atom. The second kappa shape index (κ2) is 6.92. The van der Waals surface area contributed by atoms with E-state index in [4.69, 9.17) is 5.11 Å². The quantitative estimate of drug-likeness (QED) is 0.890. The van der Waals surface area contributed by atoms with Gasteiger partial charge in [-0.3, -0.25) is 4.79 Å². The number of hydrogen-bond donors (Lipinski definition) is 2. The predicted molar refractivity (Wildman–Crippen MR) is 88.4 cm³/mol. The van der Waals surface area contributed by atoms with Crippen molar-refractivity contribution in [2.75, 3.05) is 0 Å². The highest BCUT2D eigenvalue weighted by atomic mass is 19.1. The Hall–Kier alpha value is -2.20. The van der Waals surface area contributed by atoms with Gasteiger partial charge in [0.15, 0.2) is 0 Å². The van der Waals surface area contributed by atoms with Crippen molar-refractivity contribution in [3.8, 4) is 0 Å². The highest BCUT2D eigenvalue weighted by Gasteiger charge is 2.29. The van der Waals surface area contributed by atoms with Crippen molar-refractivity contribution in [1.29, 1.82) is 0 Å². The van der Waals surface area contributed by atoms with E-state index < -0.39 is 11.2 Å². The summed E-state index contributed by atoms with van der Waals surface area (Å²) in [6.07, 6.45) is 0. The molecule has 2 aromatic rings. The first-order chi connectivity index (χ1) is 10.8. The lowest BCUT2D eigenvalue weighted by Gasteiger charge is -2.24. The van der Waals surface area contributed by atoms with E-state index in [-0.39, 0.29) is 18.1 Å². The van der Waals surface area contributed by atoms with Crippen molar-refractivity contribution in [2.45, 2.75) is 39.3 Å². The Balaban J connectivity index is 2.07. The highest BCUT2D eigenvalue weighted by Crippen LogP contribution is 2.24. The number of benzene rings is 2. The maximum absolute atomic E-state index is 13.4.